The summed E-state index contributed by atoms with van der Waals surface area (Å²) in [5.74, 6) is -0.183. The lowest BCUT2D eigenvalue weighted by Gasteiger charge is -2.33. The van der Waals surface area contributed by atoms with Gasteiger partial charge in [0, 0.05) is 34.1 Å². The normalized spacial score (nSPS) is 15.7. The number of piperidine rings is 1. The highest BCUT2D eigenvalue weighted by atomic mass is 32.1. The number of rotatable bonds is 7. The average Bonchev–Trinajstić information content (AvgIpc) is 3.53. The Labute approximate surface area is 212 Å². The lowest BCUT2D eigenvalue weighted by Crippen LogP contribution is -2.41. The number of thiophene rings is 1. The lowest BCUT2D eigenvalue weighted by atomic mass is 9.97. The summed E-state index contributed by atoms with van der Waals surface area (Å²) in [4.78, 5) is 32.8. The first-order valence-corrected chi connectivity index (χ1v) is 12.9. The number of esters is 1. The van der Waals surface area contributed by atoms with E-state index >= 15 is 0 Å². The maximum atomic E-state index is 13.3. The first-order chi connectivity index (χ1) is 17.5. The molecule has 10 heteroatoms. The molecule has 1 unspecified atom stereocenters. The van der Waals surface area contributed by atoms with Gasteiger partial charge < -0.3 is 15.0 Å². The largest absolute Gasteiger partial charge is 0.466 e. The number of aromatic nitrogens is 3. The number of nitrogens with zero attached hydrogens (tertiary/aromatic N) is 4. The van der Waals surface area contributed by atoms with Crippen molar-refractivity contribution >= 4 is 39.1 Å². The fourth-order valence-corrected chi connectivity index (χ4v) is 5.44. The molecule has 0 bridgehead atoms. The van der Waals surface area contributed by atoms with E-state index in [-0.39, 0.29) is 24.3 Å². The van der Waals surface area contributed by atoms with E-state index in [4.69, 9.17) is 14.3 Å². The summed E-state index contributed by atoms with van der Waals surface area (Å²) in [6, 6.07) is 11.9. The number of nitrogens with one attached hydrogen (secondary N) is 1. The highest BCUT2D eigenvalue weighted by Gasteiger charge is 2.30. The summed E-state index contributed by atoms with van der Waals surface area (Å²) in [5, 5.41) is 13.7. The summed E-state index contributed by atoms with van der Waals surface area (Å²) in [7, 11) is 0. The molecule has 9 nitrogen and oxygen atoms in total. The van der Waals surface area contributed by atoms with Crippen molar-refractivity contribution in [3.63, 3.8) is 0 Å². The second-order valence-corrected chi connectivity index (χ2v) is 9.64. The molecule has 0 spiro atoms. The van der Waals surface area contributed by atoms with Crippen LogP contribution in [0.3, 0.4) is 0 Å². The number of hydrogen-bond acceptors (Lipinski definition) is 9. The van der Waals surface area contributed by atoms with Gasteiger partial charge >= 0.3 is 5.97 Å². The number of benzene rings is 1. The smallest absolute Gasteiger partial charge is 0.310 e. The fraction of sp³-hybridized carbons (Fsp3) is 0.346. The highest BCUT2D eigenvalue weighted by Crippen LogP contribution is 2.35. The van der Waals surface area contributed by atoms with Crippen LogP contribution in [0.1, 0.15) is 41.5 Å². The van der Waals surface area contributed by atoms with Crippen LogP contribution in [0.2, 0.25) is 0 Å². The summed E-state index contributed by atoms with van der Waals surface area (Å²) >= 11 is 1.66. The molecule has 1 aliphatic rings. The molecule has 36 heavy (non-hydrogen) atoms. The van der Waals surface area contributed by atoms with Crippen molar-refractivity contribution in [2.45, 2.75) is 33.2 Å². The van der Waals surface area contributed by atoms with Gasteiger partial charge in [-0.15, -0.1) is 11.3 Å². The van der Waals surface area contributed by atoms with E-state index in [9.17, 15) is 9.59 Å². The van der Waals surface area contributed by atoms with E-state index in [1.54, 1.807) is 24.3 Å². The lowest BCUT2D eigenvalue weighted by molar-refractivity contribution is -0.148. The van der Waals surface area contributed by atoms with Crippen molar-refractivity contribution in [2.24, 2.45) is 5.92 Å². The molecule has 1 atom stereocenters. The minimum atomic E-state index is -0.278. The monoisotopic (exact) mass is 505 g/mol. The second kappa shape index (κ2) is 10.4. The summed E-state index contributed by atoms with van der Waals surface area (Å²) < 4.78 is 11.2. The molecule has 5 rings (SSSR count). The van der Waals surface area contributed by atoms with Crippen molar-refractivity contribution in [3.8, 4) is 11.3 Å². The molecule has 4 aromatic rings. The van der Waals surface area contributed by atoms with Crippen molar-refractivity contribution in [1.82, 2.24) is 20.6 Å². The number of anilines is 1. The Morgan fingerprint density at radius 1 is 1.22 bits per heavy atom. The van der Waals surface area contributed by atoms with Crippen LogP contribution in [0.5, 0.6) is 0 Å². The van der Waals surface area contributed by atoms with Gasteiger partial charge in [-0.05, 0) is 44.9 Å². The van der Waals surface area contributed by atoms with Crippen LogP contribution in [-0.2, 0) is 16.1 Å². The predicted molar refractivity (Wildman–Crippen MR) is 137 cm³/mol. The van der Waals surface area contributed by atoms with E-state index < -0.39 is 0 Å². The maximum Gasteiger partial charge on any atom is 0.310 e. The Hall–Kier alpha value is -3.79. The fourth-order valence-electron chi connectivity index (χ4n) is 4.48. The quantitative estimate of drug-likeness (QED) is 0.369. The standard InChI is InChI=1S/C26H27N5O4S/c1-3-34-26(33)17-7-6-12-31(14-17)24-19(25(32)27-13-22-16(2)29-35-30-22)10-11-21(28-24)20-15-36-23-9-5-4-8-18(20)23/h4-5,8-11,15,17H,3,6-7,12-14H2,1-2H3,(H,27,32). The molecule has 1 aromatic carbocycles. The van der Waals surface area contributed by atoms with Crippen LogP contribution in [0, 0.1) is 12.8 Å². The number of amides is 1. The zero-order chi connectivity index (χ0) is 25.1. The molecular weight excluding hydrogens is 478 g/mol. The molecular formula is C26H27N5O4S. The van der Waals surface area contributed by atoms with Crippen LogP contribution in [-0.4, -0.2) is 46.9 Å². The molecule has 1 N–H and O–H groups in total. The third kappa shape index (κ3) is 4.81. The first kappa shape index (κ1) is 23.9. The number of hydrogen-bond donors (Lipinski definition) is 1. The van der Waals surface area contributed by atoms with E-state index in [1.807, 2.05) is 30.0 Å². The summed E-state index contributed by atoms with van der Waals surface area (Å²) in [6.07, 6.45) is 1.56. The van der Waals surface area contributed by atoms with Gasteiger partial charge in [-0.25, -0.2) is 9.61 Å². The summed E-state index contributed by atoms with van der Waals surface area (Å²) in [5.41, 5.74) is 3.44. The Morgan fingerprint density at radius 2 is 2.08 bits per heavy atom. The second-order valence-electron chi connectivity index (χ2n) is 8.73. The zero-order valence-electron chi connectivity index (χ0n) is 20.2. The Balaban J connectivity index is 1.49. The van der Waals surface area contributed by atoms with Gasteiger partial charge in [0.15, 0.2) is 0 Å². The van der Waals surface area contributed by atoms with Gasteiger partial charge in [-0.1, -0.05) is 28.5 Å². The molecule has 1 saturated heterocycles. The average molecular weight is 506 g/mol. The first-order valence-electron chi connectivity index (χ1n) is 12.0. The van der Waals surface area contributed by atoms with Gasteiger partial charge in [0.05, 0.1) is 30.3 Å². The topological polar surface area (TPSA) is 110 Å². The van der Waals surface area contributed by atoms with E-state index in [0.29, 0.717) is 42.5 Å². The molecule has 0 aliphatic carbocycles. The third-order valence-corrected chi connectivity index (χ3v) is 7.34. The number of fused-ring (bicyclic) bond motifs is 1. The van der Waals surface area contributed by atoms with Crippen molar-refractivity contribution < 1.29 is 19.0 Å². The van der Waals surface area contributed by atoms with E-state index in [1.165, 1.54) is 4.70 Å². The van der Waals surface area contributed by atoms with Crippen LogP contribution >= 0.6 is 11.3 Å². The molecule has 4 heterocycles. The van der Waals surface area contributed by atoms with Crippen molar-refractivity contribution in [3.05, 3.63) is 58.7 Å². The molecule has 1 aliphatic heterocycles. The van der Waals surface area contributed by atoms with Gasteiger partial charge in [0.1, 0.15) is 17.2 Å². The molecule has 186 valence electrons. The highest BCUT2D eigenvalue weighted by molar-refractivity contribution is 7.17. The molecule has 3 aromatic heterocycles. The molecule has 1 amide bonds. The Kier molecular flexibility index (Phi) is 6.95. The minimum absolute atomic E-state index is 0.190. The van der Waals surface area contributed by atoms with Gasteiger partial charge in [-0.2, -0.15) is 0 Å². The van der Waals surface area contributed by atoms with Gasteiger partial charge in [0.25, 0.3) is 5.91 Å². The van der Waals surface area contributed by atoms with E-state index in [0.717, 1.165) is 29.5 Å². The predicted octanol–water partition coefficient (Wildman–Crippen LogP) is 4.36. The number of ether oxygens (including phenoxy) is 1. The van der Waals surface area contributed by atoms with Crippen molar-refractivity contribution in [1.29, 1.82) is 0 Å². The number of carbonyl (C=O) groups is 2. The van der Waals surface area contributed by atoms with E-state index in [2.05, 4.69) is 33.1 Å². The van der Waals surface area contributed by atoms with Crippen LogP contribution < -0.4 is 10.2 Å². The summed E-state index contributed by atoms with van der Waals surface area (Å²) in [6.45, 7) is 5.27. The van der Waals surface area contributed by atoms with Crippen molar-refractivity contribution in [2.75, 3.05) is 24.6 Å². The van der Waals surface area contributed by atoms with Gasteiger partial charge in [0.2, 0.25) is 0 Å². The number of carbonyl (C=O) groups excluding carboxylic acids is 2. The maximum absolute atomic E-state index is 13.3. The van der Waals surface area contributed by atoms with Gasteiger partial charge in [-0.3, -0.25) is 9.59 Å². The molecule has 1 fully saturated rings. The molecule has 0 saturated carbocycles. The SMILES string of the molecule is CCOC(=O)C1CCCN(c2nc(-c3csc4ccccc34)ccc2C(=O)NCc2nonc2C)C1. The minimum Gasteiger partial charge on any atom is -0.466 e. The third-order valence-electron chi connectivity index (χ3n) is 6.38. The van der Waals surface area contributed by atoms with Crippen LogP contribution in [0.4, 0.5) is 5.82 Å². The number of pyridine rings is 1. The zero-order valence-corrected chi connectivity index (χ0v) is 21.0. The number of aryl methyl sites for hydroxylation is 1. The Bertz CT molecular complexity index is 1400. The van der Waals surface area contributed by atoms with Crippen LogP contribution in [0.25, 0.3) is 21.3 Å². The Morgan fingerprint density at radius 3 is 2.89 bits per heavy atom. The van der Waals surface area contributed by atoms with Crippen LogP contribution in [0.15, 0.2) is 46.4 Å². The molecule has 0 radical (unpaired) electrons.